The first-order valence-electron chi connectivity index (χ1n) is 9.55. The number of carbonyl (C=O) groups is 1. The van der Waals surface area contributed by atoms with E-state index < -0.39 is 10.1 Å². The Balaban J connectivity index is 1.79. The lowest BCUT2D eigenvalue weighted by Crippen LogP contribution is -2.34. The van der Waals surface area contributed by atoms with Crippen molar-refractivity contribution in [1.82, 2.24) is 4.90 Å². The van der Waals surface area contributed by atoms with Crippen molar-refractivity contribution >= 4 is 21.8 Å². The quantitative estimate of drug-likeness (QED) is 0.483. The molecular weight excluding hydrogens is 436 g/mol. The molecule has 2 aromatic carbocycles. The van der Waals surface area contributed by atoms with Gasteiger partial charge >= 0.3 is 16.1 Å². The van der Waals surface area contributed by atoms with Crippen molar-refractivity contribution in [3.05, 3.63) is 72.2 Å². The maximum Gasteiger partial charge on any atom is 0.322 e. The lowest BCUT2D eigenvalue weighted by Gasteiger charge is -2.23. The Hall–Kier alpha value is -3.66. The number of amides is 2. The predicted molar refractivity (Wildman–Crippen MR) is 118 cm³/mol. The first kappa shape index (κ1) is 23.0. The predicted octanol–water partition coefficient (Wildman–Crippen LogP) is 3.87. The molecule has 3 aromatic rings. The fourth-order valence-corrected chi connectivity index (χ4v) is 3.38. The molecule has 0 fully saturated rings. The second kappa shape index (κ2) is 10.1. The number of anilines is 1. The van der Waals surface area contributed by atoms with Gasteiger partial charge in [-0.1, -0.05) is 12.1 Å². The van der Waals surface area contributed by atoms with E-state index in [4.69, 9.17) is 18.1 Å². The number of carbonyl (C=O) groups excluding carboxylic acids is 1. The van der Waals surface area contributed by atoms with Crippen LogP contribution in [0, 0.1) is 0 Å². The number of nitrogens with zero attached hydrogens (tertiary/aromatic N) is 1. The highest BCUT2D eigenvalue weighted by molar-refractivity contribution is 7.86. The van der Waals surface area contributed by atoms with Crippen molar-refractivity contribution in [3.63, 3.8) is 0 Å². The number of hydrogen-bond donors (Lipinski definition) is 1. The molecule has 0 aliphatic rings. The first-order chi connectivity index (χ1) is 15.3. The summed E-state index contributed by atoms with van der Waals surface area (Å²) in [5.74, 6) is 1.89. The van der Waals surface area contributed by atoms with E-state index in [-0.39, 0.29) is 24.9 Å². The third kappa shape index (κ3) is 6.67. The minimum Gasteiger partial charge on any atom is -0.497 e. The molecule has 0 aliphatic heterocycles. The number of methoxy groups -OCH3 is 2. The number of urea groups is 1. The summed E-state index contributed by atoms with van der Waals surface area (Å²) in [7, 11) is -0.557. The molecule has 0 saturated carbocycles. The molecule has 170 valence electrons. The van der Waals surface area contributed by atoms with Crippen LogP contribution in [0.25, 0.3) is 0 Å². The average molecular weight is 461 g/mol. The molecule has 0 bridgehead atoms. The van der Waals surface area contributed by atoms with E-state index in [0.29, 0.717) is 22.9 Å². The van der Waals surface area contributed by atoms with E-state index in [1.54, 1.807) is 47.4 Å². The van der Waals surface area contributed by atoms with Gasteiger partial charge in [-0.05, 0) is 29.8 Å². The number of nitrogens with one attached hydrogen (secondary N) is 1. The van der Waals surface area contributed by atoms with E-state index in [0.717, 1.165) is 11.8 Å². The van der Waals surface area contributed by atoms with Gasteiger partial charge in [0.15, 0.2) is 0 Å². The summed E-state index contributed by atoms with van der Waals surface area (Å²) in [4.78, 5) is 14.6. The van der Waals surface area contributed by atoms with Gasteiger partial charge < -0.3 is 28.3 Å². The van der Waals surface area contributed by atoms with Crippen LogP contribution >= 0.6 is 0 Å². The number of benzene rings is 2. The summed E-state index contributed by atoms with van der Waals surface area (Å²) in [5.41, 5.74) is 1.28. The van der Waals surface area contributed by atoms with Gasteiger partial charge in [0, 0.05) is 30.4 Å². The van der Waals surface area contributed by atoms with Crippen molar-refractivity contribution in [2.45, 2.75) is 13.1 Å². The molecule has 1 N–H and O–H groups in total. The average Bonchev–Trinajstić information content (AvgIpc) is 3.26. The third-order valence-corrected chi connectivity index (χ3v) is 4.86. The van der Waals surface area contributed by atoms with Crippen LogP contribution in [0.4, 0.5) is 10.5 Å². The van der Waals surface area contributed by atoms with Gasteiger partial charge in [-0.15, -0.1) is 0 Å². The van der Waals surface area contributed by atoms with E-state index in [1.807, 2.05) is 0 Å². The Morgan fingerprint density at radius 3 is 2.16 bits per heavy atom. The Morgan fingerprint density at radius 2 is 1.62 bits per heavy atom. The topological polar surface area (TPSA) is 107 Å². The summed E-state index contributed by atoms with van der Waals surface area (Å²) in [6.07, 6.45) is 2.51. The van der Waals surface area contributed by atoms with Crippen LogP contribution in [-0.4, -0.2) is 39.8 Å². The van der Waals surface area contributed by atoms with Crippen LogP contribution in [0.5, 0.6) is 17.2 Å². The monoisotopic (exact) mass is 460 g/mol. The summed E-state index contributed by atoms with van der Waals surface area (Å²) in [6, 6.07) is 14.7. The summed E-state index contributed by atoms with van der Waals surface area (Å²) >= 11 is 0. The fraction of sp³-hybridized carbons (Fsp3) is 0.227. The molecular formula is C22H24N2O7S. The Morgan fingerprint density at radius 1 is 0.969 bits per heavy atom. The number of ether oxygens (including phenoxy) is 2. The van der Waals surface area contributed by atoms with Crippen LogP contribution in [0.1, 0.15) is 11.3 Å². The van der Waals surface area contributed by atoms with Gasteiger partial charge in [-0.25, -0.2) is 4.79 Å². The molecule has 10 heteroatoms. The highest BCUT2D eigenvalue weighted by atomic mass is 32.2. The Kier molecular flexibility index (Phi) is 7.26. The zero-order valence-corrected chi connectivity index (χ0v) is 18.7. The van der Waals surface area contributed by atoms with Gasteiger partial charge in [0.1, 0.15) is 23.0 Å². The molecule has 3 rings (SSSR count). The zero-order valence-electron chi connectivity index (χ0n) is 17.9. The molecule has 1 aromatic heterocycles. The largest absolute Gasteiger partial charge is 0.497 e. The van der Waals surface area contributed by atoms with E-state index >= 15 is 0 Å². The second-order valence-electron chi connectivity index (χ2n) is 6.90. The number of hydrogen-bond acceptors (Lipinski definition) is 7. The highest BCUT2D eigenvalue weighted by Crippen LogP contribution is 2.26. The smallest absolute Gasteiger partial charge is 0.322 e. The molecule has 0 radical (unpaired) electrons. The van der Waals surface area contributed by atoms with Crippen molar-refractivity contribution < 1.29 is 31.3 Å². The van der Waals surface area contributed by atoms with Gasteiger partial charge in [-0.2, -0.15) is 8.42 Å². The summed E-state index contributed by atoms with van der Waals surface area (Å²) in [6.45, 7) is 0.467. The van der Waals surface area contributed by atoms with Crippen LogP contribution in [0.2, 0.25) is 0 Å². The second-order valence-corrected chi connectivity index (χ2v) is 8.47. The molecule has 2 amide bonds. The lowest BCUT2D eigenvalue weighted by atomic mass is 10.2. The van der Waals surface area contributed by atoms with E-state index in [1.165, 1.54) is 32.6 Å². The molecule has 1 heterocycles. The normalized spacial score (nSPS) is 11.0. The van der Waals surface area contributed by atoms with Crippen LogP contribution < -0.4 is 19.0 Å². The Labute approximate surface area is 186 Å². The maximum atomic E-state index is 13.1. The highest BCUT2D eigenvalue weighted by Gasteiger charge is 2.17. The minimum atomic E-state index is -3.61. The molecule has 32 heavy (non-hydrogen) atoms. The zero-order chi connectivity index (χ0) is 23.1. The maximum absolute atomic E-state index is 13.1. The minimum absolute atomic E-state index is 0.196. The third-order valence-electron chi connectivity index (χ3n) is 4.36. The fourth-order valence-electron chi connectivity index (χ4n) is 2.92. The lowest BCUT2D eigenvalue weighted by molar-refractivity contribution is 0.201. The molecule has 0 saturated heterocycles. The van der Waals surface area contributed by atoms with Gasteiger partial charge in [0.25, 0.3) is 0 Å². The van der Waals surface area contributed by atoms with Gasteiger partial charge in [0.05, 0.1) is 33.3 Å². The van der Waals surface area contributed by atoms with Crippen LogP contribution in [0.15, 0.2) is 65.3 Å². The van der Waals surface area contributed by atoms with Crippen molar-refractivity contribution in [2.75, 3.05) is 25.8 Å². The molecule has 0 unspecified atom stereocenters. The molecule has 0 atom stereocenters. The van der Waals surface area contributed by atoms with Gasteiger partial charge in [0.2, 0.25) is 0 Å². The SMILES string of the molecule is COc1cc(NC(=O)N(Cc2ccc(OS(C)(=O)=O)cc2)Cc2ccco2)cc(OC)c1. The van der Waals surface area contributed by atoms with Gasteiger partial charge in [-0.3, -0.25) is 0 Å². The molecule has 0 aliphatic carbocycles. The number of rotatable bonds is 9. The standard InChI is InChI=1S/C22H24N2O7S/c1-28-20-11-17(12-21(13-20)29-2)23-22(25)24(15-19-5-4-10-30-19)14-16-6-8-18(9-7-16)31-32(3,26)27/h4-13H,14-15H2,1-3H3,(H,23,25). The van der Waals surface area contributed by atoms with Crippen LogP contribution in [-0.2, 0) is 23.2 Å². The van der Waals surface area contributed by atoms with Crippen molar-refractivity contribution in [3.8, 4) is 17.2 Å². The number of furan rings is 1. The summed E-state index contributed by atoms with van der Waals surface area (Å²) < 4.78 is 43.3. The van der Waals surface area contributed by atoms with Crippen molar-refractivity contribution in [2.24, 2.45) is 0 Å². The molecule has 0 spiro atoms. The van der Waals surface area contributed by atoms with E-state index in [9.17, 15) is 13.2 Å². The van der Waals surface area contributed by atoms with Crippen molar-refractivity contribution in [1.29, 1.82) is 0 Å². The first-order valence-corrected chi connectivity index (χ1v) is 11.4. The Bertz CT molecular complexity index is 1120. The van der Waals surface area contributed by atoms with E-state index in [2.05, 4.69) is 5.32 Å². The molecule has 9 nitrogen and oxygen atoms in total. The van der Waals surface area contributed by atoms with Crippen LogP contribution in [0.3, 0.4) is 0 Å². The summed E-state index contributed by atoms with van der Waals surface area (Å²) in [5, 5.41) is 2.85.